The third kappa shape index (κ3) is 5.23. The number of carbonyl (C=O) groups is 1. The molecule has 0 spiro atoms. The Morgan fingerprint density at radius 1 is 1.15 bits per heavy atom. The molecule has 0 unspecified atom stereocenters. The van der Waals surface area contributed by atoms with Gasteiger partial charge in [-0.2, -0.15) is 13.1 Å². The van der Waals surface area contributed by atoms with Gasteiger partial charge < -0.3 is 9.15 Å². The van der Waals surface area contributed by atoms with Crippen LogP contribution in [0.5, 0.6) is 5.75 Å². The second kappa shape index (κ2) is 9.57. The summed E-state index contributed by atoms with van der Waals surface area (Å²) in [4.78, 5) is 17.8. The minimum Gasteiger partial charge on any atom is -0.438 e. The van der Waals surface area contributed by atoms with Crippen molar-refractivity contribution in [3.63, 3.8) is 0 Å². The van der Waals surface area contributed by atoms with Crippen molar-refractivity contribution >= 4 is 32.4 Å². The van der Waals surface area contributed by atoms with Crippen LogP contribution < -0.4 is 10.1 Å². The summed E-state index contributed by atoms with van der Waals surface area (Å²) >= 11 is 1.22. The Balaban J connectivity index is 1.46. The quantitative estimate of drug-likeness (QED) is 0.506. The maximum atomic E-state index is 12.7. The molecule has 0 atom stereocenters. The molecular formula is C21H21F2N3O5S2. The lowest BCUT2D eigenvalue weighted by molar-refractivity contribution is -0.0498. The zero-order valence-corrected chi connectivity index (χ0v) is 19.2. The van der Waals surface area contributed by atoms with Gasteiger partial charge in [0.05, 0.1) is 5.69 Å². The van der Waals surface area contributed by atoms with Crippen molar-refractivity contribution in [2.75, 3.05) is 18.4 Å². The lowest BCUT2D eigenvalue weighted by Crippen LogP contribution is -2.35. The predicted octanol–water partition coefficient (Wildman–Crippen LogP) is 4.74. The van der Waals surface area contributed by atoms with Crippen LogP contribution in [0.4, 0.5) is 13.9 Å². The highest BCUT2D eigenvalue weighted by atomic mass is 32.2. The molecule has 2 aromatic heterocycles. The summed E-state index contributed by atoms with van der Waals surface area (Å²) in [5, 5.41) is 2.64. The maximum Gasteiger partial charge on any atom is 0.387 e. The third-order valence-electron chi connectivity index (χ3n) is 5.08. The number of hydrogen-bond donors (Lipinski definition) is 1. The van der Waals surface area contributed by atoms with E-state index < -0.39 is 22.5 Å². The second-order valence-corrected chi connectivity index (χ2v) is 10.4. The van der Waals surface area contributed by atoms with Crippen LogP contribution in [0.3, 0.4) is 0 Å². The number of hydrogen-bond acceptors (Lipinski definition) is 7. The van der Waals surface area contributed by atoms with Gasteiger partial charge in [-0.05, 0) is 56.2 Å². The molecule has 8 nitrogen and oxygen atoms in total. The SMILES string of the molecule is Cc1sc(NC(=O)c2ccc(S(=O)(=O)N3CCCCC3)o2)nc1-c1ccc(OC(F)F)cc1. The normalized spacial score (nSPS) is 15.0. The number of piperidine rings is 1. The summed E-state index contributed by atoms with van der Waals surface area (Å²) in [5.74, 6) is -0.743. The van der Waals surface area contributed by atoms with Crippen LogP contribution in [0, 0.1) is 6.92 Å². The monoisotopic (exact) mass is 497 g/mol. The average Bonchev–Trinajstić information content (AvgIpc) is 3.42. The lowest BCUT2D eigenvalue weighted by atomic mass is 10.1. The zero-order valence-electron chi connectivity index (χ0n) is 17.6. The smallest absolute Gasteiger partial charge is 0.387 e. The van der Waals surface area contributed by atoms with Crippen LogP contribution in [0.2, 0.25) is 0 Å². The summed E-state index contributed by atoms with van der Waals surface area (Å²) in [5.41, 5.74) is 1.24. The molecule has 0 radical (unpaired) electrons. The molecule has 1 aliphatic heterocycles. The number of thiazole rings is 1. The molecule has 0 bridgehead atoms. The first kappa shape index (κ1) is 23.3. The van der Waals surface area contributed by atoms with Gasteiger partial charge in [0, 0.05) is 23.5 Å². The van der Waals surface area contributed by atoms with Crippen LogP contribution in [0.1, 0.15) is 34.7 Å². The molecule has 1 amide bonds. The van der Waals surface area contributed by atoms with Crippen LogP contribution >= 0.6 is 11.3 Å². The van der Waals surface area contributed by atoms with Crippen molar-refractivity contribution in [3.8, 4) is 17.0 Å². The number of halogens is 2. The van der Waals surface area contributed by atoms with Crippen LogP contribution in [0.15, 0.2) is 45.9 Å². The Morgan fingerprint density at radius 2 is 1.85 bits per heavy atom. The number of sulfonamides is 1. The van der Waals surface area contributed by atoms with E-state index >= 15 is 0 Å². The van der Waals surface area contributed by atoms with Gasteiger partial charge in [0.2, 0.25) is 5.09 Å². The number of ether oxygens (including phenoxy) is 1. The Hall–Kier alpha value is -2.83. The standard InChI is InChI=1S/C21H21F2N3O5S2/c1-13-18(14-5-7-15(8-6-14)30-20(22)23)24-21(32-13)25-19(27)16-9-10-17(31-16)33(28,29)26-11-3-2-4-12-26/h5-10,20H,2-4,11-12H2,1H3,(H,24,25,27). The fraction of sp³-hybridized carbons (Fsp3) is 0.333. The second-order valence-electron chi connectivity index (χ2n) is 7.36. The zero-order chi connectivity index (χ0) is 23.6. The van der Waals surface area contributed by atoms with Gasteiger partial charge in [-0.3, -0.25) is 10.1 Å². The van der Waals surface area contributed by atoms with Crippen molar-refractivity contribution in [2.24, 2.45) is 0 Å². The van der Waals surface area contributed by atoms with E-state index in [0.717, 1.165) is 24.1 Å². The van der Waals surface area contributed by atoms with E-state index in [2.05, 4.69) is 15.0 Å². The molecular weight excluding hydrogens is 476 g/mol. The Bertz CT molecular complexity index is 1230. The summed E-state index contributed by atoms with van der Waals surface area (Å²) in [6.07, 6.45) is 2.57. The summed E-state index contributed by atoms with van der Waals surface area (Å²) in [6.45, 7) is -0.236. The number of nitrogens with zero attached hydrogens (tertiary/aromatic N) is 2. The van der Waals surface area contributed by atoms with Gasteiger partial charge in [0.1, 0.15) is 5.75 Å². The number of alkyl halides is 2. The number of anilines is 1. The number of aryl methyl sites for hydroxylation is 1. The Morgan fingerprint density at radius 3 is 2.52 bits per heavy atom. The molecule has 1 saturated heterocycles. The van der Waals surface area contributed by atoms with Gasteiger partial charge in [-0.15, -0.1) is 11.3 Å². The van der Waals surface area contributed by atoms with Crippen molar-refractivity contribution in [3.05, 3.63) is 47.0 Å². The third-order valence-corrected chi connectivity index (χ3v) is 7.74. The molecule has 3 heterocycles. The van der Waals surface area contributed by atoms with Crippen molar-refractivity contribution < 1.29 is 31.1 Å². The van der Waals surface area contributed by atoms with Crippen LogP contribution in [0.25, 0.3) is 11.3 Å². The van der Waals surface area contributed by atoms with E-state index in [1.807, 2.05) is 6.92 Å². The largest absolute Gasteiger partial charge is 0.438 e. The molecule has 1 aromatic carbocycles. The molecule has 1 N–H and O–H groups in total. The van der Waals surface area contributed by atoms with Crippen molar-refractivity contribution in [2.45, 2.75) is 37.9 Å². The number of amides is 1. The molecule has 0 aliphatic carbocycles. The molecule has 176 valence electrons. The fourth-order valence-corrected chi connectivity index (χ4v) is 5.74. The van der Waals surface area contributed by atoms with Crippen molar-refractivity contribution in [1.29, 1.82) is 0 Å². The molecule has 4 rings (SSSR count). The summed E-state index contributed by atoms with van der Waals surface area (Å²) < 4.78 is 61.1. The van der Waals surface area contributed by atoms with Gasteiger partial charge >= 0.3 is 6.61 Å². The number of carbonyl (C=O) groups excluding carboxylic acids is 1. The van der Waals surface area contributed by atoms with Crippen LogP contribution in [-0.2, 0) is 10.0 Å². The predicted molar refractivity (Wildman–Crippen MR) is 118 cm³/mol. The first-order chi connectivity index (χ1) is 15.7. The van der Waals surface area contributed by atoms with E-state index in [0.29, 0.717) is 24.3 Å². The number of benzene rings is 1. The first-order valence-electron chi connectivity index (χ1n) is 10.2. The molecule has 0 saturated carbocycles. The molecule has 33 heavy (non-hydrogen) atoms. The molecule has 1 fully saturated rings. The summed E-state index contributed by atoms with van der Waals surface area (Å²) in [6, 6.07) is 8.60. The van der Waals surface area contributed by atoms with E-state index in [-0.39, 0.29) is 21.7 Å². The van der Waals surface area contributed by atoms with E-state index in [9.17, 15) is 22.0 Å². The maximum absolute atomic E-state index is 12.7. The highest BCUT2D eigenvalue weighted by Crippen LogP contribution is 2.32. The minimum atomic E-state index is -3.78. The highest BCUT2D eigenvalue weighted by Gasteiger charge is 2.29. The topological polar surface area (TPSA) is 102 Å². The number of aromatic nitrogens is 1. The summed E-state index contributed by atoms with van der Waals surface area (Å²) in [7, 11) is -3.78. The van der Waals surface area contributed by atoms with Crippen LogP contribution in [-0.4, -0.2) is 43.3 Å². The average molecular weight is 498 g/mol. The molecule has 12 heteroatoms. The fourth-order valence-electron chi connectivity index (χ4n) is 3.48. The minimum absolute atomic E-state index is 0.0308. The molecule has 3 aromatic rings. The Labute approximate surface area is 193 Å². The Kier molecular flexibility index (Phi) is 6.77. The van der Waals surface area contributed by atoms with E-state index in [1.54, 1.807) is 12.1 Å². The number of nitrogens with one attached hydrogen (secondary N) is 1. The van der Waals surface area contributed by atoms with E-state index in [1.165, 1.54) is 39.9 Å². The highest BCUT2D eigenvalue weighted by molar-refractivity contribution is 7.89. The van der Waals surface area contributed by atoms with E-state index in [4.69, 9.17) is 4.42 Å². The lowest BCUT2D eigenvalue weighted by Gasteiger charge is -2.24. The number of furan rings is 1. The number of rotatable bonds is 7. The van der Waals surface area contributed by atoms with Crippen molar-refractivity contribution in [1.82, 2.24) is 9.29 Å². The van der Waals surface area contributed by atoms with Gasteiger partial charge in [0.25, 0.3) is 15.9 Å². The van der Waals surface area contributed by atoms with Gasteiger partial charge in [-0.1, -0.05) is 6.42 Å². The van der Waals surface area contributed by atoms with Gasteiger partial charge in [0.15, 0.2) is 10.9 Å². The van der Waals surface area contributed by atoms with Gasteiger partial charge in [-0.25, -0.2) is 13.4 Å². The molecule has 1 aliphatic rings. The first-order valence-corrected chi connectivity index (χ1v) is 12.4.